The molecule has 3 heterocycles. The Balaban J connectivity index is 1.40. The Morgan fingerprint density at radius 2 is 0.964 bits per heavy atom. The Hall–Kier alpha value is -4.13. The third kappa shape index (κ3) is 3.05. The molecule has 5 aromatic rings. The van der Waals surface area contributed by atoms with Crippen LogP contribution in [0.25, 0.3) is 45.9 Å². The van der Waals surface area contributed by atoms with E-state index in [2.05, 4.69) is 25.4 Å². The summed E-state index contributed by atoms with van der Waals surface area (Å²) in [5, 5.41) is 16.4. The normalized spacial score (nSPS) is 10.9. The maximum Gasteiger partial charge on any atom is 0.266 e. The van der Waals surface area contributed by atoms with Crippen LogP contribution in [0.4, 0.5) is 0 Å². The Morgan fingerprint density at radius 3 is 1.50 bits per heavy atom. The summed E-state index contributed by atoms with van der Waals surface area (Å²) in [7, 11) is 0. The van der Waals surface area contributed by atoms with Crippen LogP contribution in [-0.4, -0.2) is 25.4 Å². The highest BCUT2D eigenvalue weighted by atomic mass is 16.4. The monoisotopic (exact) mass is 367 g/mol. The van der Waals surface area contributed by atoms with E-state index in [-0.39, 0.29) is 0 Å². The molecule has 7 nitrogen and oxygen atoms in total. The van der Waals surface area contributed by atoms with E-state index in [9.17, 15) is 0 Å². The summed E-state index contributed by atoms with van der Waals surface area (Å²) in [6.07, 6.45) is 1.64. The molecule has 28 heavy (non-hydrogen) atoms. The molecule has 0 unspecified atom stereocenters. The van der Waals surface area contributed by atoms with E-state index in [4.69, 9.17) is 8.83 Å². The van der Waals surface area contributed by atoms with Gasteiger partial charge in [-0.3, -0.25) is 4.98 Å². The average Bonchev–Trinajstić information content (AvgIpc) is 3.46. The van der Waals surface area contributed by atoms with Crippen molar-refractivity contribution in [1.82, 2.24) is 25.4 Å². The summed E-state index contributed by atoms with van der Waals surface area (Å²) < 4.78 is 11.5. The molecule has 0 aliphatic rings. The molecule has 3 aromatic heterocycles. The van der Waals surface area contributed by atoms with Gasteiger partial charge in [-0.25, -0.2) is 0 Å². The molecule has 134 valence electrons. The van der Waals surface area contributed by atoms with Gasteiger partial charge in [0, 0.05) is 17.3 Å². The highest BCUT2D eigenvalue weighted by Gasteiger charge is 2.14. The molecule has 0 atom stereocenters. The van der Waals surface area contributed by atoms with Crippen LogP contribution in [0.2, 0.25) is 0 Å². The molecule has 0 amide bonds. The van der Waals surface area contributed by atoms with Gasteiger partial charge >= 0.3 is 0 Å². The molecule has 0 saturated heterocycles. The van der Waals surface area contributed by atoms with Crippen molar-refractivity contribution < 1.29 is 8.83 Å². The number of aromatic nitrogens is 5. The molecule has 0 aliphatic heterocycles. The summed E-state index contributed by atoms with van der Waals surface area (Å²) in [4.78, 5) is 4.39. The lowest BCUT2D eigenvalue weighted by atomic mass is 10.2. The lowest BCUT2D eigenvalue weighted by Crippen LogP contribution is -1.85. The molecular weight excluding hydrogens is 354 g/mol. The van der Waals surface area contributed by atoms with Gasteiger partial charge in [0.2, 0.25) is 17.7 Å². The Kier molecular flexibility index (Phi) is 3.95. The van der Waals surface area contributed by atoms with E-state index in [1.807, 2.05) is 66.7 Å². The molecule has 0 spiro atoms. The Morgan fingerprint density at radius 1 is 0.464 bits per heavy atom. The van der Waals surface area contributed by atoms with E-state index >= 15 is 0 Å². The maximum absolute atomic E-state index is 5.75. The topological polar surface area (TPSA) is 90.7 Å². The zero-order valence-electron chi connectivity index (χ0n) is 14.6. The maximum atomic E-state index is 5.75. The van der Waals surface area contributed by atoms with Crippen molar-refractivity contribution in [2.75, 3.05) is 0 Å². The molecule has 0 fully saturated rings. The van der Waals surface area contributed by atoms with Gasteiger partial charge in [-0.15, -0.1) is 20.4 Å². The fraction of sp³-hybridized carbons (Fsp3) is 0. The van der Waals surface area contributed by atoms with Crippen LogP contribution in [0.1, 0.15) is 0 Å². The zero-order chi connectivity index (χ0) is 18.8. The number of nitrogens with zero attached hydrogens (tertiary/aromatic N) is 5. The highest BCUT2D eigenvalue weighted by molar-refractivity contribution is 5.60. The van der Waals surface area contributed by atoms with Crippen LogP contribution in [0.3, 0.4) is 0 Å². The van der Waals surface area contributed by atoms with E-state index in [0.29, 0.717) is 34.8 Å². The molecular formula is C21H13N5O2. The minimum atomic E-state index is 0.348. The van der Waals surface area contributed by atoms with Crippen LogP contribution in [0.5, 0.6) is 0 Å². The fourth-order valence-electron chi connectivity index (χ4n) is 2.71. The smallest absolute Gasteiger partial charge is 0.266 e. The first-order valence-electron chi connectivity index (χ1n) is 8.61. The van der Waals surface area contributed by atoms with E-state index in [1.165, 1.54) is 0 Å². The fourth-order valence-corrected chi connectivity index (χ4v) is 2.71. The minimum Gasteiger partial charge on any atom is -0.416 e. The first kappa shape index (κ1) is 16.1. The number of pyridine rings is 1. The lowest BCUT2D eigenvalue weighted by Gasteiger charge is -1.97. The van der Waals surface area contributed by atoms with E-state index < -0.39 is 0 Å². The number of benzene rings is 2. The van der Waals surface area contributed by atoms with Crippen molar-refractivity contribution in [2.45, 2.75) is 0 Å². The molecule has 0 saturated carbocycles. The zero-order valence-corrected chi connectivity index (χ0v) is 14.6. The second-order valence-electron chi connectivity index (χ2n) is 5.99. The Bertz CT molecular complexity index is 1100. The largest absolute Gasteiger partial charge is 0.416 e. The molecule has 0 radical (unpaired) electrons. The van der Waals surface area contributed by atoms with Crippen molar-refractivity contribution >= 4 is 0 Å². The molecule has 0 aliphatic carbocycles. The minimum absolute atomic E-state index is 0.348. The molecule has 7 heteroatoms. The van der Waals surface area contributed by atoms with E-state index in [0.717, 1.165) is 11.1 Å². The van der Waals surface area contributed by atoms with Crippen molar-refractivity contribution in [3.8, 4) is 45.9 Å². The lowest BCUT2D eigenvalue weighted by molar-refractivity contribution is 0.580. The predicted octanol–water partition coefficient (Wildman–Crippen LogP) is 4.52. The number of hydrogen-bond donors (Lipinski definition) is 0. The highest BCUT2D eigenvalue weighted by Crippen LogP contribution is 2.26. The van der Waals surface area contributed by atoms with Gasteiger partial charge in [0.05, 0.1) is 5.56 Å². The van der Waals surface area contributed by atoms with Gasteiger partial charge in [0.1, 0.15) is 5.69 Å². The second-order valence-corrected chi connectivity index (χ2v) is 5.99. The number of rotatable bonds is 4. The van der Waals surface area contributed by atoms with Gasteiger partial charge in [-0.2, -0.15) is 0 Å². The third-order valence-corrected chi connectivity index (χ3v) is 4.12. The van der Waals surface area contributed by atoms with Crippen molar-refractivity contribution in [3.63, 3.8) is 0 Å². The summed E-state index contributed by atoms with van der Waals surface area (Å²) >= 11 is 0. The summed E-state index contributed by atoms with van der Waals surface area (Å²) in [6, 6.07) is 22.8. The molecule has 0 N–H and O–H groups in total. The first-order valence-corrected chi connectivity index (χ1v) is 8.61. The number of hydrogen-bond acceptors (Lipinski definition) is 7. The van der Waals surface area contributed by atoms with Gasteiger partial charge in [0.25, 0.3) is 5.89 Å². The summed E-state index contributed by atoms with van der Waals surface area (Å²) in [5.74, 6) is 1.66. The van der Waals surface area contributed by atoms with Crippen LogP contribution >= 0.6 is 0 Å². The summed E-state index contributed by atoms with van der Waals surface area (Å²) in [5.41, 5.74) is 3.00. The average molecular weight is 367 g/mol. The van der Waals surface area contributed by atoms with Gasteiger partial charge < -0.3 is 8.83 Å². The van der Waals surface area contributed by atoms with Crippen LogP contribution in [-0.2, 0) is 0 Å². The third-order valence-electron chi connectivity index (χ3n) is 4.12. The van der Waals surface area contributed by atoms with Gasteiger partial charge in [-0.05, 0) is 36.4 Å². The summed E-state index contributed by atoms with van der Waals surface area (Å²) in [6.45, 7) is 0. The van der Waals surface area contributed by atoms with Gasteiger partial charge in [-0.1, -0.05) is 36.4 Å². The van der Waals surface area contributed by atoms with Crippen molar-refractivity contribution in [2.24, 2.45) is 0 Å². The Labute approximate surface area is 159 Å². The first-order chi connectivity index (χ1) is 13.9. The van der Waals surface area contributed by atoms with Crippen molar-refractivity contribution in [3.05, 3.63) is 79.0 Å². The van der Waals surface area contributed by atoms with Crippen LogP contribution in [0.15, 0.2) is 87.8 Å². The quantitative estimate of drug-likeness (QED) is 0.461. The van der Waals surface area contributed by atoms with Crippen LogP contribution < -0.4 is 0 Å². The van der Waals surface area contributed by atoms with E-state index in [1.54, 1.807) is 12.3 Å². The van der Waals surface area contributed by atoms with Crippen LogP contribution in [0, 0.1) is 0 Å². The van der Waals surface area contributed by atoms with Crippen molar-refractivity contribution in [1.29, 1.82) is 0 Å². The predicted molar refractivity (Wildman–Crippen MR) is 102 cm³/mol. The SMILES string of the molecule is c1ccc(-c2nnc(-c3ccc(-c4nnc(-c5ccccc5)o4)nc3)o2)cc1. The molecule has 0 bridgehead atoms. The van der Waals surface area contributed by atoms with Gasteiger partial charge in [0.15, 0.2) is 0 Å². The second kappa shape index (κ2) is 6.88. The standard InChI is InChI=1S/C21H13N5O2/c1-3-7-14(8-4-1)18-23-25-20(27-18)16-11-12-17(22-13-16)21-26-24-19(28-21)15-9-5-2-6-10-15/h1-13H. The molecule has 5 rings (SSSR count). The molecule has 2 aromatic carbocycles.